The van der Waals surface area contributed by atoms with E-state index in [1.807, 2.05) is 73.7 Å². The van der Waals surface area contributed by atoms with Crippen molar-refractivity contribution in [3.8, 4) is 6.07 Å². The summed E-state index contributed by atoms with van der Waals surface area (Å²) >= 11 is 6.41. The van der Waals surface area contributed by atoms with Gasteiger partial charge in [0, 0.05) is 40.3 Å². The van der Waals surface area contributed by atoms with E-state index in [-0.39, 0.29) is 11.5 Å². The molecule has 0 aliphatic carbocycles. The van der Waals surface area contributed by atoms with Gasteiger partial charge < -0.3 is 9.88 Å². The van der Waals surface area contributed by atoms with E-state index >= 15 is 0 Å². The number of halogens is 1. The number of aromatic nitrogens is 1. The van der Waals surface area contributed by atoms with Crippen LogP contribution in [0.5, 0.6) is 0 Å². The van der Waals surface area contributed by atoms with Crippen molar-refractivity contribution in [3.05, 3.63) is 112 Å². The van der Waals surface area contributed by atoms with E-state index < -0.39 is 0 Å². The minimum atomic E-state index is -0.349. The average Bonchev–Trinajstić information content (AvgIpc) is 3.12. The molecule has 0 radical (unpaired) electrons. The van der Waals surface area contributed by atoms with Crippen LogP contribution in [0.3, 0.4) is 0 Å². The van der Waals surface area contributed by atoms with E-state index in [2.05, 4.69) is 28.1 Å². The predicted molar refractivity (Wildman–Crippen MR) is 139 cm³/mol. The maximum absolute atomic E-state index is 12.8. The van der Waals surface area contributed by atoms with Crippen molar-refractivity contribution in [3.63, 3.8) is 0 Å². The minimum absolute atomic E-state index is 0.100. The molecular weight excluding hydrogens is 442 g/mol. The zero-order valence-corrected chi connectivity index (χ0v) is 19.8. The monoisotopic (exact) mass is 467 g/mol. The number of carbonyl (C=O) groups excluding carboxylic acids is 1. The third kappa shape index (κ3) is 5.22. The molecular formula is C29H26ClN3O. The quantitative estimate of drug-likeness (QED) is 0.187. The fourth-order valence-corrected chi connectivity index (χ4v) is 4.36. The first-order valence-electron chi connectivity index (χ1n) is 11.3. The summed E-state index contributed by atoms with van der Waals surface area (Å²) in [5, 5.41) is 14.3. The molecule has 0 fully saturated rings. The fraction of sp³-hybridized carbons (Fsp3) is 0.172. The molecule has 34 heavy (non-hydrogen) atoms. The van der Waals surface area contributed by atoms with Gasteiger partial charge in [0.2, 0.25) is 0 Å². The first-order chi connectivity index (χ1) is 16.6. The summed E-state index contributed by atoms with van der Waals surface area (Å²) in [5.41, 5.74) is 5.23. The number of carbonyl (C=O) groups is 1. The van der Waals surface area contributed by atoms with E-state index in [1.54, 1.807) is 6.08 Å². The third-order valence-electron chi connectivity index (χ3n) is 5.99. The summed E-state index contributed by atoms with van der Waals surface area (Å²) in [4.78, 5) is 12.8. The molecule has 4 rings (SSSR count). The standard InChI is InChI=1S/C29H26ClN3O/c1-21-26(18-24(19-31)29(34)32-17-9-12-22-10-3-2-4-11-22)25-14-6-8-16-28(25)33(21)20-23-13-5-7-15-27(23)30/h2-8,10-11,13-16,18H,9,12,17,20H2,1H3,(H,32,34)/b24-18-. The smallest absolute Gasteiger partial charge is 0.261 e. The largest absolute Gasteiger partial charge is 0.351 e. The molecule has 170 valence electrons. The van der Waals surface area contributed by atoms with E-state index in [1.165, 1.54) is 5.56 Å². The Morgan fingerprint density at radius 1 is 1.03 bits per heavy atom. The molecule has 1 amide bonds. The van der Waals surface area contributed by atoms with Gasteiger partial charge in [0.25, 0.3) is 5.91 Å². The van der Waals surface area contributed by atoms with Gasteiger partial charge in [-0.3, -0.25) is 4.79 Å². The van der Waals surface area contributed by atoms with Gasteiger partial charge in [-0.1, -0.05) is 78.3 Å². The second-order valence-electron chi connectivity index (χ2n) is 8.21. The first-order valence-corrected chi connectivity index (χ1v) is 11.7. The Morgan fingerprint density at radius 2 is 1.74 bits per heavy atom. The van der Waals surface area contributed by atoms with E-state index in [0.29, 0.717) is 18.1 Å². The van der Waals surface area contributed by atoms with Gasteiger partial charge in [-0.25, -0.2) is 0 Å². The van der Waals surface area contributed by atoms with Crippen LogP contribution in [0.15, 0.2) is 84.4 Å². The Morgan fingerprint density at radius 3 is 2.50 bits per heavy atom. The van der Waals surface area contributed by atoms with Crippen molar-refractivity contribution < 1.29 is 4.79 Å². The molecule has 5 heteroatoms. The molecule has 0 unspecified atom stereocenters. The molecule has 1 heterocycles. The van der Waals surface area contributed by atoms with E-state index in [0.717, 1.165) is 40.6 Å². The number of nitrogens with zero attached hydrogens (tertiary/aromatic N) is 2. The lowest BCUT2D eigenvalue weighted by Gasteiger charge is -2.10. The van der Waals surface area contributed by atoms with E-state index in [4.69, 9.17) is 11.6 Å². The molecule has 1 aromatic heterocycles. The summed E-state index contributed by atoms with van der Waals surface area (Å²) < 4.78 is 2.18. The van der Waals surface area contributed by atoms with Gasteiger partial charge in [0.1, 0.15) is 11.6 Å². The van der Waals surface area contributed by atoms with Gasteiger partial charge in [-0.05, 0) is 49.1 Å². The van der Waals surface area contributed by atoms with Crippen molar-refractivity contribution in [2.45, 2.75) is 26.3 Å². The number of rotatable bonds is 8. The highest BCUT2D eigenvalue weighted by molar-refractivity contribution is 6.31. The van der Waals surface area contributed by atoms with Gasteiger partial charge in [0.05, 0.1) is 0 Å². The molecule has 4 aromatic rings. The number of fused-ring (bicyclic) bond motifs is 1. The Hall–Kier alpha value is -3.81. The van der Waals surface area contributed by atoms with Gasteiger partial charge in [0.15, 0.2) is 0 Å². The Labute approximate surface area is 205 Å². The normalized spacial score (nSPS) is 11.4. The number of aryl methyl sites for hydroxylation is 1. The van der Waals surface area contributed by atoms with Crippen LogP contribution < -0.4 is 5.32 Å². The van der Waals surface area contributed by atoms with Crippen LogP contribution in [-0.4, -0.2) is 17.0 Å². The molecule has 0 bridgehead atoms. The molecule has 0 aliphatic heterocycles. The number of amides is 1. The van der Waals surface area contributed by atoms with Crippen LogP contribution in [0.2, 0.25) is 5.02 Å². The van der Waals surface area contributed by atoms with Gasteiger partial charge in [-0.2, -0.15) is 5.26 Å². The van der Waals surface area contributed by atoms with Crippen LogP contribution in [0.1, 0.15) is 28.8 Å². The topological polar surface area (TPSA) is 57.8 Å². The number of hydrogen-bond donors (Lipinski definition) is 1. The van der Waals surface area contributed by atoms with Crippen molar-refractivity contribution in [1.82, 2.24) is 9.88 Å². The second-order valence-corrected chi connectivity index (χ2v) is 8.62. The lowest BCUT2D eigenvalue weighted by Crippen LogP contribution is -2.25. The lowest BCUT2D eigenvalue weighted by molar-refractivity contribution is -0.117. The number of benzene rings is 3. The highest BCUT2D eigenvalue weighted by atomic mass is 35.5. The van der Waals surface area contributed by atoms with Crippen molar-refractivity contribution in [2.75, 3.05) is 6.54 Å². The summed E-state index contributed by atoms with van der Waals surface area (Å²) in [5.74, 6) is -0.349. The third-order valence-corrected chi connectivity index (χ3v) is 6.36. The average molecular weight is 468 g/mol. The number of para-hydroxylation sites is 1. The molecule has 0 aliphatic rings. The number of nitriles is 1. The SMILES string of the molecule is Cc1c(/C=C(/C#N)C(=O)NCCCc2ccccc2)c2ccccc2n1Cc1ccccc1Cl. The summed E-state index contributed by atoms with van der Waals surface area (Å²) in [6, 6.07) is 28.0. The van der Waals surface area contributed by atoms with Gasteiger partial charge in [-0.15, -0.1) is 0 Å². The van der Waals surface area contributed by atoms with Crippen LogP contribution in [0.4, 0.5) is 0 Å². The highest BCUT2D eigenvalue weighted by Gasteiger charge is 2.16. The summed E-state index contributed by atoms with van der Waals surface area (Å²) in [7, 11) is 0. The number of hydrogen-bond acceptors (Lipinski definition) is 2. The first kappa shape index (κ1) is 23.4. The highest BCUT2D eigenvalue weighted by Crippen LogP contribution is 2.30. The molecule has 0 saturated carbocycles. The Balaban J connectivity index is 1.56. The minimum Gasteiger partial charge on any atom is -0.351 e. The molecule has 3 aromatic carbocycles. The lowest BCUT2D eigenvalue weighted by atomic mass is 10.1. The number of nitrogens with one attached hydrogen (secondary N) is 1. The zero-order valence-electron chi connectivity index (χ0n) is 19.1. The molecule has 4 nitrogen and oxygen atoms in total. The zero-order chi connectivity index (χ0) is 23.9. The summed E-state index contributed by atoms with van der Waals surface area (Å²) in [6.45, 7) is 3.13. The Kier molecular flexibility index (Phi) is 7.47. The molecule has 0 spiro atoms. The molecule has 0 saturated heterocycles. The van der Waals surface area contributed by atoms with Gasteiger partial charge >= 0.3 is 0 Å². The van der Waals surface area contributed by atoms with Crippen molar-refractivity contribution >= 4 is 34.5 Å². The molecule has 0 atom stereocenters. The van der Waals surface area contributed by atoms with Crippen LogP contribution in [-0.2, 0) is 17.8 Å². The molecule has 1 N–H and O–H groups in total. The summed E-state index contributed by atoms with van der Waals surface area (Å²) in [6.07, 6.45) is 3.39. The van der Waals surface area contributed by atoms with E-state index in [9.17, 15) is 10.1 Å². The fourth-order valence-electron chi connectivity index (χ4n) is 4.17. The van der Waals surface area contributed by atoms with Crippen LogP contribution in [0.25, 0.3) is 17.0 Å². The maximum Gasteiger partial charge on any atom is 0.261 e. The van der Waals surface area contributed by atoms with Crippen molar-refractivity contribution in [1.29, 1.82) is 5.26 Å². The van der Waals surface area contributed by atoms with Crippen LogP contribution >= 0.6 is 11.6 Å². The van der Waals surface area contributed by atoms with Crippen molar-refractivity contribution in [2.24, 2.45) is 0 Å². The van der Waals surface area contributed by atoms with Crippen LogP contribution in [0, 0.1) is 18.3 Å². The maximum atomic E-state index is 12.8. The second kappa shape index (κ2) is 10.9. The predicted octanol–water partition coefficient (Wildman–Crippen LogP) is 6.31. The Bertz CT molecular complexity index is 1380.